The molecule has 32 heavy (non-hydrogen) atoms. The zero-order chi connectivity index (χ0) is 23.1. The van der Waals surface area contributed by atoms with Gasteiger partial charge < -0.3 is 10.1 Å². The van der Waals surface area contributed by atoms with E-state index >= 15 is 0 Å². The van der Waals surface area contributed by atoms with Crippen molar-refractivity contribution in [2.45, 2.75) is 31.4 Å². The van der Waals surface area contributed by atoms with Gasteiger partial charge in [-0.25, -0.2) is 12.8 Å². The maximum Gasteiger partial charge on any atom is 0.264 e. The van der Waals surface area contributed by atoms with Gasteiger partial charge in [0.25, 0.3) is 10.0 Å². The van der Waals surface area contributed by atoms with E-state index in [2.05, 4.69) is 5.32 Å². The Balaban J connectivity index is 1.74. The number of sulfonamides is 1. The summed E-state index contributed by atoms with van der Waals surface area (Å²) in [5.41, 5.74) is 1.18. The highest BCUT2D eigenvalue weighted by molar-refractivity contribution is 7.92. The lowest BCUT2D eigenvalue weighted by atomic mass is 10.2. The number of nitrogens with one attached hydrogen (secondary N) is 1. The second-order valence-electron chi connectivity index (χ2n) is 7.39. The van der Waals surface area contributed by atoms with Crippen molar-refractivity contribution in [3.63, 3.8) is 0 Å². The maximum atomic E-state index is 13.3. The number of carbonyl (C=O) groups is 1. The number of hydrogen-bond donors (Lipinski definition) is 1. The normalized spacial score (nSPS) is 11.2. The Kier molecular flexibility index (Phi) is 7.48. The van der Waals surface area contributed by atoms with Gasteiger partial charge in [-0.05, 0) is 67.9 Å². The number of benzene rings is 3. The van der Waals surface area contributed by atoms with Gasteiger partial charge >= 0.3 is 0 Å². The topological polar surface area (TPSA) is 75.7 Å². The summed E-state index contributed by atoms with van der Waals surface area (Å²) in [4.78, 5) is 12.5. The molecule has 6 nitrogen and oxygen atoms in total. The molecule has 0 aromatic heterocycles. The molecular weight excluding hydrogens is 431 g/mol. The standard InChI is InChI=1S/C24H25FN2O4S/c1-18(2)31-22-12-8-19(9-13-22)16-26-24(28)17-27(21-6-4-3-5-7-21)32(29,30)23-14-10-20(25)11-15-23/h3-15,18H,16-17H2,1-2H3,(H,26,28). The number of carbonyl (C=O) groups excluding carboxylic acids is 1. The zero-order valence-electron chi connectivity index (χ0n) is 17.9. The van der Waals surface area contributed by atoms with Crippen LogP contribution in [0.1, 0.15) is 19.4 Å². The van der Waals surface area contributed by atoms with Crippen molar-refractivity contribution < 1.29 is 22.3 Å². The number of ether oxygens (including phenoxy) is 1. The Labute approximate surface area is 187 Å². The Morgan fingerprint density at radius 3 is 2.19 bits per heavy atom. The molecule has 0 fully saturated rings. The SMILES string of the molecule is CC(C)Oc1ccc(CNC(=O)CN(c2ccccc2)S(=O)(=O)c2ccc(F)cc2)cc1. The second-order valence-corrected chi connectivity index (χ2v) is 9.25. The van der Waals surface area contributed by atoms with Crippen LogP contribution < -0.4 is 14.4 Å². The quantitative estimate of drug-likeness (QED) is 0.526. The second kappa shape index (κ2) is 10.3. The van der Waals surface area contributed by atoms with E-state index in [4.69, 9.17) is 4.74 Å². The fourth-order valence-corrected chi connectivity index (χ4v) is 4.41. The molecule has 1 amide bonds. The molecular formula is C24H25FN2O4S. The number of anilines is 1. The zero-order valence-corrected chi connectivity index (χ0v) is 18.7. The van der Waals surface area contributed by atoms with Crippen molar-refractivity contribution in [3.8, 4) is 5.75 Å². The summed E-state index contributed by atoms with van der Waals surface area (Å²) in [7, 11) is -4.08. The predicted molar refractivity (Wildman–Crippen MR) is 121 cm³/mol. The third-order valence-electron chi connectivity index (χ3n) is 4.52. The van der Waals surface area contributed by atoms with Gasteiger partial charge in [-0.1, -0.05) is 30.3 Å². The first kappa shape index (κ1) is 23.3. The summed E-state index contributed by atoms with van der Waals surface area (Å²) >= 11 is 0. The highest BCUT2D eigenvalue weighted by atomic mass is 32.2. The largest absolute Gasteiger partial charge is 0.491 e. The minimum Gasteiger partial charge on any atom is -0.491 e. The van der Waals surface area contributed by atoms with Crippen LogP contribution in [0.3, 0.4) is 0 Å². The van der Waals surface area contributed by atoms with Crippen LogP contribution in [0.15, 0.2) is 83.8 Å². The summed E-state index contributed by atoms with van der Waals surface area (Å²) in [6, 6.07) is 20.1. The van der Waals surface area contributed by atoms with Crippen LogP contribution in [-0.2, 0) is 21.4 Å². The van der Waals surface area contributed by atoms with Gasteiger partial charge in [0, 0.05) is 6.54 Å². The minimum atomic E-state index is -4.08. The number of nitrogens with zero attached hydrogens (tertiary/aromatic N) is 1. The molecule has 0 saturated carbocycles. The molecule has 0 aliphatic rings. The number of halogens is 1. The lowest BCUT2D eigenvalue weighted by molar-refractivity contribution is -0.119. The maximum absolute atomic E-state index is 13.3. The molecule has 3 aromatic rings. The Morgan fingerprint density at radius 1 is 0.969 bits per heavy atom. The first-order chi connectivity index (χ1) is 15.3. The lowest BCUT2D eigenvalue weighted by Gasteiger charge is -2.24. The molecule has 1 N–H and O–H groups in total. The Bertz CT molecular complexity index is 1130. The van der Waals surface area contributed by atoms with Gasteiger partial charge in [0.05, 0.1) is 16.7 Å². The summed E-state index contributed by atoms with van der Waals surface area (Å²) in [5, 5.41) is 2.75. The third kappa shape index (κ3) is 6.07. The fourth-order valence-electron chi connectivity index (χ4n) is 2.99. The van der Waals surface area contributed by atoms with Gasteiger partial charge in [0.2, 0.25) is 5.91 Å². The van der Waals surface area contributed by atoms with Crippen molar-refractivity contribution in [1.29, 1.82) is 0 Å². The van der Waals surface area contributed by atoms with Crippen LogP contribution in [0, 0.1) is 5.82 Å². The first-order valence-electron chi connectivity index (χ1n) is 10.1. The van der Waals surface area contributed by atoms with Gasteiger partial charge in [-0.15, -0.1) is 0 Å². The molecule has 3 rings (SSSR count). The van der Waals surface area contributed by atoms with Crippen LogP contribution >= 0.6 is 0 Å². The van der Waals surface area contributed by atoms with E-state index in [1.54, 1.807) is 30.3 Å². The number of hydrogen-bond acceptors (Lipinski definition) is 4. The highest BCUT2D eigenvalue weighted by Gasteiger charge is 2.27. The minimum absolute atomic E-state index is 0.0626. The van der Waals surface area contributed by atoms with E-state index in [0.29, 0.717) is 5.69 Å². The van der Waals surface area contributed by atoms with Crippen LogP contribution in [-0.4, -0.2) is 27.0 Å². The van der Waals surface area contributed by atoms with Crippen molar-refractivity contribution >= 4 is 21.6 Å². The van der Waals surface area contributed by atoms with E-state index in [1.807, 2.05) is 38.1 Å². The van der Waals surface area contributed by atoms with E-state index in [1.165, 1.54) is 12.1 Å². The van der Waals surface area contributed by atoms with Crippen molar-refractivity contribution in [2.75, 3.05) is 10.8 Å². The van der Waals surface area contributed by atoms with E-state index in [9.17, 15) is 17.6 Å². The number of amides is 1. The fraction of sp³-hybridized carbons (Fsp3) is 0.208. The predicted octanol–water partition coefficient (Wildman–Crippen LogP) is 4.12. The molecule has 0 spiro atoms. The van der Waals surface area contributed by atoms with Crippen LogP contribution in [0.2, 0.25) is 0 Å². The van der Waals surface area contributed by atoms with Crippen LogP contribution in [0.5, 0.6) is 5.75 Å². The first-order valence-corrected chi connectivity index (χ1v) is 11.6. The molecule has 0 aliphatic carbocycles. The molecule has 0 bridgehead atoms. The van der Waals surface area contributed by atoms with Gasteiger partial charge in [-0.3, -0.25) is 9.10 Å². The van der Waals surface area contributed by atoms with Crippen LogP contribution in [0.4, 0.5) is 10.1 Å². The third-order valence-corrected chi connectivity index (χ3v) is 6.31. The van der Waals surface area contributed by atoms with Gasteiger partial charge in [0.1, 0.15) is 18.1 Å². The van der Waals surface area contributed by atoms with E-state index in [0.717, 1.165) is 27.8 Å². The molecule has 0 aliphatic heterocycles. The Morgan fingerprint density at radius 2 is 1.59 bits per heavy atom. The molecule has 8 heteroatoms. The highest BCUT2D eigenvalue weighted by Crippen LogP contribution is 2.23. The van der Waals surface area contributed by atoms with Gasteiger partial charge in [-0.2, -0.15) is 0 Å². The molecule has 0 atom stereocenters. The Hall–Kier alpha value is -3.39. The average molecular weight is 457 g/mol. The summed E-state index contributed by atoms with van der Waals surface area (Å²) in [6.07, 6.45) is 0.0626. The summed E-state index contributed by atoms with van der Waals surface area (Å²) < 4.78 is 46.3. The lowest BCUT2D eigenvalue weighted by Crippen LogP contribution is -2.40. The number of para-hydroxylation sites is 1. The van der Waals surface area contributed by atoms with Crippen molar-refractivity contribution in [2.24, 2.45) is 0 Å². The molecule has 3 aromatic carbocycles. The molecule has 0 heterocycles. The molecule has 168 valence electrons. The van der Waals surface area contributed by atoms with Crippen molar-refractivity contribution in [1.82, 2.24) is 5.32 Å². The molecule has 0 radical (unpaired) electrons. The smallest absolute Gasteiger partial charge is 0.264 e. The van der Waals surface area contributed by atoms with E-state index in [-0.39, 0.29) is 17.5 Å². The van der Waals surface area contributed by atoms with Crippen LogP contribution in [0.25, 0.3) is 0 Å². The van der Waals surface area contributed by atoms with Gasteiger partial charge in [0.15, 0.2) is 0 Å². The van der Waals surface area contributed by atoms with Crippen molar-refractivity contribution in [3.05, 3.63) is 90.2 Å². The molecule has 0 saturated heterocycles. The number of rotatable bonds is 9. The average Bonchev–Trinajstić information content (AvgIpc) is 2.77. The van der Waals surface area contributed by atoms with E-state index < -0.39 is 28.3 Å². The monoisotopic (exact) mass is 456 g/mol. The summed E-state index contributed by atoms with van der Waals surface area (Å²) in [5.74, 6) is -0.282. The summed E-state index contributed by atoms with van der Waals surface area (Å²) in [6.45, 7) is 3.69. The molecule has 0 unspecified atom stereocenters.